The molecule has 3 aromatic rings. The van der Waals surface area contributed by atoms with E-state index in [1.54, 1.807) is 31.4 Å². The number of nitrogens with one attached hydrogen (secondary N) is 2. The maximum absolute atomic E-state index is 13.0. The topological polar surface area (TPSA) is 78.9 Å². The monoisotopic (exact) mass is 575 g/mol. The van der Waals surface area contributed by atoms with E-state index in [-0.39, 0.29) is 35.7 Å². The lowest BCUT2D eigenvalue weighted by Gasteiger charge is -2.16. The zero-order valence-corrected chi connectivity index (χ0v) is 21.2. The summed E-state index contributed by atoms with van der Waals surface area (Å²) in [5.41, 5.74) is 3.00. The van der Waals surface area contributed by atoms with Gasteiger partial charge in [-0.2, -0.15) is 0 Å². The number of ether oxygens (including phenoxy) is 1. The van der Waals surface area contributed by atoms with Gasteiger partial charge < -0.3 is 20.3 Å². The number of nitrogens with zero attached hydrogens (tertiary/aromatic N) is 3. The minimum absolute atomic E-state index is 0. The van der Waals surface area contributed by atoms with Gasteiger partial charge in [-0.05, 0) is 53.9 Å². The fourth-order valence-corrected chi connectivity index (χ4v) is 3.51. The number of carbonyl (C=O) groups is 1. The maximum atomic E-state index is 13.0. The van der Waals surface area contributed by atoms with Gasteiger partial charge in [-0.25, -0.2) is 9.37 Å². The normalized spacial score (nSPS) is 13.4. The zero-order chi connectivity index (χ0) is 23.0. The third kappa shape index (κ3) is 6.89. The van der Waals surface area contributed by atoms with E-state index >= 15 is 0 Å². The van der Waals surface area contributed by atoms with Crippen molar-refractivity contribution in [3.05, 3.63) is 83.8 Å². The van der Waals surface area contributed by atoms with Crippen molar-refractivity contribution in [2.45, 2.75) is 25.9 Å². The molecule has 1 aliphatic rings. The van der Waals surface area contributed by atoms with Crippen molar-refractivity contribution in [2.75, 3.05) is 18.5 Å². The highest BCUT2D eigenvalue weighted by atomic mass is 127. The molecule has 4 rings (SSSR count). The number of halogens is 2. The summed E-state index contributed by atoms with van der Waals surface area (Å²) < 4.78 is 18.6. The fraction of sp³-hybridized carbons (Fsp3) is 0.240. The zero-order valence-electron chi connectivity index (χ0n) is 18.8. The van der Waals surface area contributed by atoms with Gasteiger partial charge in [0.15, 0.2) is 5.96 Å². The second-order valence-electron chi connectivity index (χ2n) is 7.66. The molecule has 0 unspecified atom stereocenters. The summed E-state index contributed by atoms with van der Waals surface area (Å²) >= 11 is 0. The Kier molecular flexibility index (Phi) is 9.20. The van der Waals surface area contributed by atoms with Gasteiger partial charge in [-0.15, -0.1) is 24.0 Å². The highest BCUT2D eigenvalue weighted by Gasteiger charge is 2.21. The number of hydrogen-bond donors (Lipinski definition) is 2. The number of anilines is 1. The first-order valence-corrected chi connectivity index (χ1v) is 10.8. The van der Waals surface area contributed by atoms with Gasteiger partial charge in [-0.1, -0.05) is 18.2 Å². The molecular weight excluding hydrogens is 548 g/mol. The summed E-state index contributed by atoms with van der Waals surface area (Å²) in [6, 6.07) is 17.5. The average Bonchev–Trinajstić information content (AvgIpc) is 3.28. The van der Waals surface area contributed by atoms with Crippen LogP contribution < -0.4 is 20.3 Å². The molecule has 2 heterocycles. The molecule has 1 fully saturated rings. The van der Waals surface area contributed by atoms with E-state index in [0.717, 1.165) is 29.8 Å². The second kappa shape index (κ2) is 12.3. The van der Waals surface area contributed by atoms with Gasteiger partial charge in [0.1, 0.15) is 11.6 Å². The number of aromatic nitrogens is 1. The molecule has 1 aliphatic heterocycles. The summed E-state index contributed by atoms with van der Waals surface area (Å²) in [6.45, 7) is 1.94. The molecule has 0 saturated carbocycles. The van der Waals surface area contributed by atoms with Crippen molar-refractivity contribution >= 4 is 41.5 Å². The Morgan fingerprint density at radius 2 is 1.71 bits per heavy atom. The molecule has 1 amide bonds. The number of amides is 1. The molecule has 0 atom stereocenters. The van der Waals surface area contributed by atoms with E-state index in [0.29, 0.717) is 37.1 Å². The molecule has 0 spiro atoms. The third-order valence-electron chi connectivity index (χ3n) is 5.30. The van der Waals surface area contributed by atoms with Crippen LogP contribution >= 0.6 is 24.0 Å². The van der Waals surface area contributed by atoms with Crippen LogP contribution in [0.1, 0.15) is 24.0 Å². The average molecular weight is 575 g/mol. The predicted octanol–water partition coefficient (Wildman–Crippen LogP) is 4.62. The van der Waals surface area contributed by atoms with E-state index in [2.05, 4.69) is 20.6 Å². The fourth-order valence-electron chi connectivity index (χ4n) is 3.51. The van der Waals surface area contributed by atoms with E-state index in [1.165, 1.54) is 12.1 Å². The SMILES string of the molecule is CN=C(NCc1ccc(N2CCCC2=O)cc1)NCc1ccc(Oc2ccc(F)cc2)nc1.I. The molecule has 1 aromatic heterocycles. The third-order valence-corrected chi connectivity index (χ3v) is 5.30. The maximum Gasteiger partial charge on any atom is 0.227 e. The molecule has 0 bridgehead atoms. The van der Waals surface area contributed by atoms with Crippen LogP contribution in [0.15, 0.2) is 71.9 Å². The van der Waals surface area contributed by atoms with E-state index in [4.69, 9.17) is 4.74 Å². The molecule has 2 aromatic carbocycles. The smallest absolute Gasteiger partial charge is 0.227 e. The van der Waals surface area contributed by atoms with Crippen molar-refractivity contribution in [1.29, 1.82) is 0 Å². The van der Waals surface area contributed by atoms with Crippen molar-refractivity contribution in [3.63, 3.8) is 0 Å². The molecule has 1 saturated heterocycles. The molecule has 0 aliphatic carbocycles. The van der Waals surface area contributed by atoms with Crippen LogP contribution in [0.4, 0.5) is 10.1 Å². The first kappa shape index (κ1) is 25.4. The highest BCUT2D eigenvalue weighted by Crippen LogP contribution is 2.22. The lowest BCUT2D eigenvalue weighted by molar-refractivity contribution is -0.117. The van der Waals surface area contributed by atoms with Crippen LogP contribution in [-0.2, 0) is 17.9 Å². The van der Waals surface area contributed by atoms with E-state index < -0.39 is 0 Å². The Morgan fingerprint density at radius 1 is 1.03 bits per heavy atom. The highest BCUT2D eigenvalue weighted by molar-refractivity contribution is 14.0. The Labute approximate surface area is 215 Å². The number of benzene rings is 2. The number of pyridine rings is 1. The van der Waals surface area contributed by atoms with Crippen molar-refractivity contribution in [1.82, 2.24) is 15.6 Å². The first-order chi connectivity index (χ1) is 16.1. The lowest BCUT2D eigenvalue weighted by atomic mass is 10.2. The van der Waals surface area contributed by atoms with Gasteiger partial charge >= 0.3 is 0 Å². The lowest BCUT2D eigenvalue weighted by Crippen LogP contribution is -2.36. The van der Waals surface area contributed by atoms with Gasteiger partial charge in [-0.3, -0.25) is 9.79 Å². The summed E-state index contributed by atoms with van der Waals surface area (Å²) in [7, 11) is 1.72. The van der Waals surface area contributed by atoms with Crippen LogP contribution in [0.25, 0.3) is 0 Å². The number of carbonyl (C=O) groups excluding carboxylic acids is 1. The quantitative estimate of drug-likeness (QED) is 0.244. The molecular formula is C25H27FIN5O2. The molecule has 34 heavy (non-hydrogen) atoms. The minimum Gasteiger partial charge on any atom is -0.439 e. The van der Waals surface area contributed by atoms with Crippen LogP contribution in [0.3, 0.4) is 0 Å². The van der Waals surface area contributed by atoms with Gasteiger partial charge in [0, 0.05) is 51.1 Å². The molecule has 9 heteroatoms. The van der Waals surface area contributed by atoms with Crippen molar-refractivity contribution < 1.29 is 13.9 Å². The first-order valence-electron chi connectivity index (χ1n) is 10.8. The Bertz CT molecular complexity index is 1110. The molecule has 0 radical (unpaired) electrons. The number of aliphatic imine (C=N–C) groups is 1. The molecule has 7 nitrogen and oxygen atoms in total. The van der Waals surface area contributed by atoms with Gasteiger partial charge in [0.2, 0.25) is 11.8 Å². The number of hydrogen-bond acceptors (Lipinski definition) is 4. The summed E-state index contributed by atoms with van der Waals surface area (Å²) in [4.78, 5) is 22.3. The minimum atomic E-state index is -0.311. The molecule has 178 valence electrons. The largest absolute Gasteiger partial charge is 0.439 e. The number of guanidine groups is 1. The van der Waals surface area contributed by atoms with Crippen molar-refractivity contribution in [3.8, 4) is 11.6 Å². The van der Waals surface area contributed by atoms with E-state index in [9.17, 15) is 9.18 Å². The second-order valence-corrected chi connectivity index (χ2v) is 7.66. The van der Waals surface area contributed by atoms with Crippen molar-refractivity contribution in [2.24, 2.45) is 4.99 Å². The van der Waals surface area contributed by atoms with E-state index in [1.807, 2.05) is 35.2 Å². The van der Waals surface area contributed by atoms with Gasteiger partial charge in [0.25, 0.3) is 0 Å². The van der Waals surface area contributed by atoms with Crippen LogP contribution in [0, 0.1) is 5.82 Å². The summed E-state index contributed by atoms with van der Waals surface area (Å²) in [5, 5.41) is 6.54. The Hall–Kier alpha value is -3.21. The standard InChI is InChI=1S/C25H26FN5O2.HI/c1-27-25(29-15-18-4-9-21(10-5-18)31-14-2-3-24(31)32)30-17-19-6-13-23(28-16-19)33-22-11-7-20(26)8-12-22;/h4-13,16H,2-3,14-15,17H2,1H3,(H2,27,29,30);1H. The number of rotatable bonds is 7. The Balaban J connectivity index is 0.00000324. The molecule has 2 N–H and O–H groups in total. The predicted molar refractivity (Wildman–Crippen MR) is 141 cm³/mol. The summed E-state index contributed by atoms with van der Waals surface area (Å²) in [5.74, 6) is 1.51. The van der Waals surface area contributed by atoms with Crippen LogP contribution in [0.2, 0.25) is 0 Å². The van der Waals surface area contributed by atoms with Crippen LogP contribution in [-0.4, -0.2) is 30.4 Å². The van der Waals surface area contributed by atoms with Gasteiger partial charge in [0.05, 0.1) is 0 Å². The summed E-state index contributed by atoms with van der Waals surface area (Å²) in [6.07, 6.45) is 3.27. The Morgan fingerprint density at radius 3 is 2.29 bits per heavy atom. The van der Waals surface area contributed by atoms with Crippen LogP contribution in [0.5, 0.6) is 11.6 Å².